The Morgan fingerprint density at radius 3 is 2.62 bits per heavy atom. The van der Waals surface area contributed by atoms with E-state index in [1.165, 1.54) is 0 Å². The molecule has 1 heterocycles. The Labute approximate surface area is 93.3 Å². The third-order valence-corrected chi connectivity index (χ3v) is 3.15. The van der Waals surface area contributed by atoms with Crippen LogP contribution in [0.25, 0.3) is 0 Å². The van der Waals surface area contributed by atoms with E-state index >= 15 is 0 Å². The molecule has 90 valence electrons. The van der Waals surface area contributed by atoms with Crippen molar-refractivity contribution in [2.75, 3.05) is 0 Å². The molecule has 0 radical (unpaired) electrons. The topological polar surface area (TPSA) is 102 Å². The molecule has 16 heavy (non-hydrogen) atoms. The molecule has 1 fully saturated rings. The highest BCUT2D eigenvalue weighted by molar-refractivity contribution is 4.96. The molecule has 0 amide bonds. The number of rotatable bonds is 2. The maximum absolute atomic E-state index is 10.0. The summed E-state index contributed by atoms with van der Waals surface area (Å²) in [6.45, 7) is 1.77. The van der Waals surface area contributed by atoms with Crippen LogP contribution in [-0.2, 0) is 0 Å². The normalized spacial score (nSPS) is 32.6. The minimum atomic E-state index is -0.771. The van der Waals surface area contributed by atoms with Gasteiger partial charge in [-0.1, -0.05) is 0 Å². The first-order valence-electron chi connectivity index (χ1n) is 5.51. The molecule has 1 aliphatic rings. The Kier molecular flexibility index (Phi) is 3.22. The number of aryl methyl sites for hydroxylation is 1. The quantitative estimate of drug-likeness (QED) is 0.554. The fourth-order valence-corrected chi connectivity index (χ4v) is 2.15. The highest BCUT2D eigenvalue weighted by atomic mass is 16.3. The number of hydrogen-bond donors (Lipinski definition) is 4. The summed E-state index contributed by atoms with van der Waals surface area (Å²) in [5.74, 6) is 0.935. The maximum atomic E-state index is 10.0. The van der Waals surface area contributed by atoms with Crippen LogP contribution in [0.1, 0.15) is 37.0 Å². The van der Waals surface area contributed by atoms with Gasteiger partial charge < -0.3 is 15.3 Å². The van der Waals surface area contributed by atoms with Crippen molar-refractivity contribution in [2.24, 2.45) is 5.92 Å². The molecule has 6 heteroatoms. The zero-order chi connectivity index (χ0) is 11.7. The largest absolute Gasteiger partial charge is 0.390 e. The average molecular weight is 227 g/mol. The standard InChI is InChI=1S/C10H17N3O3/c1-5-11-10(13-12-5)9(16)6-2-3-7(14)8(15)4-6/h6-9,14-16H,2-4H2,1H3,(H,11,12,13). The predicted octanol–water partition coefficient (Wildman–Crippen LogP) is -0.332. The molecule has 4 N–H and O–H groups in total. The lowest BCUT2D eigenvalue weighted by molar-refractivity contribution is -0.0515. The van der Waals surface area contributed by atoms with E-state index in [0.29, 0.717) is 30.9 Å². The summed E-state index contributed by atoms with van der Waals surface area (Å²) in [6, 6.07) is 0. The van der Waals surface area contributed by atoms with Crippen LogP contribution >= 0.6 is 0 Å². The Morgan fingerprint density at radius 1 is 1.31 bits per heavy atom. The lowest BCUT2D eigenvalue weighted by Crippen LogP contribution is -2.35. The third kappa shape index (κ3) is 2.23. The zero-order valence-electron chi connectivity index (χ0n) is 9.17. The molecule has 1 saturated carbocycles. The molecule has 0 aromatic carbocycles. The van der Waals surface area contributed by atoms with Gasteiger partial charge in [0.2, 0.25) is 0 Å². The van der Waals surface area contributed by atoms with E-state index in [1.54, 1.807) is 6.92 Å². The van der Waals surface area contributed by atoms with E-state index in [1.807, 2.05) is 0 Å². The summed E-state index contributed by atoms with van der Waals surface area (Å²) in [7, 11) is 0. The van der Waals surface area contributed by atoms with Crippen molar-refractivity contribution in [3.63, 3.8) is 0 Å². The number of aromatic nitrogens is 3. The second-order valence-electron chi connectivity index (χ2n) is 4.43. The van der Waals surface area contributed by atoms with Gasteiger partial charge in [0.15, 0.2) is 5.82 Å². The van der Waals surface area contributed by atoms with Crippen molar-refractivity contribution in [1.82, 2.24) is 15.2 Å². The number of aliphatic hydroxyl groups excluding tert-OH is 3. The molecule has 6 nitrogen and oxygen atoms in total. The van der Waals surface area contributed by atoms with E-state index in [-0.39, 0.29) is 5.92 Å². The van der Waals surface area contributed by atoms with Gasteiger partial charge in [-0.2, -0.15) is 5.10 Å². The van der Waals surface area contributed by atoms with E-state index in [2.05, 4.69) is 15.2 Å². The van der Waals surface area contributed by atoms with Gasteiger partial charge in [0, 0.05) is 0 Å². The van der Waals surface area contributed by atoms with Crippen molar-refractivity contribution < 1.29 is 15.3 Å². The molecule has 0 bridgehead atoms. The van der Waals surface area contributed by atoms with Gasteiger partial charge in [0.1, 0.15) is 11.9 Å². The molecule has 1 aliphatic carbocycles. The Hall–Kier alpha value is -0.980. The van der Waals surface area contributed by atoms with Crippen molar-refractivity contribution in [2.45, 2.75) is 44.5 Å². The number of nitrogens with one attached hydrogen (secondary N) is 1. The van der Waals surface area contributed by atoms with Crippen LogP contribution in [-0.4, -0.2) is 42.7 Å². The molecular weight excluding hydrogens is 210 g/mol. The minimum Gasteiger partial charge on any atom is -0.390 e. The predicted molar refractivity (Wildman–Crippen MR) is 55.4 cm³/mol. The lowest BCUT2D eigenvalue weighted by atomic mass is 9.82. The van der Waals surface area contributed by atoms with Crippen molar-refractivity contribution in [1.29, 1.82) is 0 Å². The number of hydrogen-bond acceptors (Lipinski definition) is 5. The van der Waals surface area contributed by atoms with E-state index in [0.717, 1.165) is 0 Å². The third-order valence-electron chi connectivity index (χ3n) is 3.15. The SMILES string of the molecule is Cc1nc(C(O)C2CCC(O)C(O)C2)n[nH]1. The lowest BCUT2D eigenvalue weighted by Gasteiger charge is -2.31. The summed E-state index contributed by atoms with van der Waals surface area (Å²) in [6.07, 6.45) is -0.632. The molecule has 1 aromatic heterocycles. The molecule has 0 saturated heterocycles. The summed E-state index contributed by atoms with van der Waals surface area (Å²) < 4.78 is 0. The Balaban J connectivity index is 2.02. The summed E-state index contributed by atoms with van der Waals surface area (Å²) in [4.78, 5) is 4.07. The summed E-state index contributed by atoms with van der Waals surface area (Å²) >= 11 is 0. The smallest absolute Gasteiger partial charge is 0.179 e. The molecule has 1 aromatic rings. The van der Waals surface area contributed by atoms with Gasteiger partial charge in [-0.05, 0) is 32.1 Å². The van der Waals surface area contributed by atoms with Crippen molar-refractivity contribution in [3.05, 3.63) is 11.6 Å². The molecule has 4 unspecified atom stereocenters. The molecule has 2 rings (SSSR count). The molecular formula is C10H17N3O3. The van der Waals surface area contributed by atoms with Crippen LogP contribution in [0, 0.1) is 12.8 Å². The van der Waals surface area contributed by atoms with E-state index < -0.39 is 18.3 Å². The molecule has 0 spiro atoms. The summed E-state index contributed by atoms with van der Waals surface area (Å²) in [5.41, 5.74) is 0. The van der Waals surface area contributed by atoms with Crippen LogP contribution < -0.4 is 0 Å². The zero-order valence-corrected chi connectivity index (χ0v) is 9.17. The fraction of sp³-hybridized carbons (Fsp3) is 0.800. The van der Waals surface area contributed by atoms with Gasteiger partial charge >= 0.3 is 0 Å². The van der Waals surface area contributed by atoms with Gasteiger partial charge in [-0.15, -0.1) is 0 Å². The minimum absolute atomic E-state index is 0.0893. The van der Waals surface area contributed by atoms with Gasteiger partial charge in [-0.25, -0.2) is 4.98 Å². The second-order valence-corrected chi connectivity index (χ2v) is 4.43. The molecule has 4 atom stereocenters. The second kappa shape index (κ2) is 4.48. The first kappa shape index (κ1) is 11.5. The number of aromatic amines is 1. The fourth-order valence-electron chi connectivity index (χ4n) is 2.15. The summed E-state index contributed by atoms with van der Waals surface area (Å²) in [5, 5.41) is 35.5. The highest BCUT2D eigenvalue weighted by Gasteiger charge is 2.33. The van der Waals surface area contributed by atoms with Crippen LogP contribution in [0.15, 0.2) is 0 Å². The van der Waals surface area contributed by atoms with E-state index in [9.17, 15) is 15.3 Å². The average Bonchev–Trinajstić information content (AvgIpc) is 2.68. The van der Waals surface area contributed by atoms with Crippen LogP contribution in [0.5, 0.6) is 0 Å². The number of nitrogens with zero attached hydrogens (tertiary/aromatic N) is 2. The van der Waals surface area contributed by atoms with Crippen LogP contribution in [0.3, 0.4) is 0 Å². The van der Waals surface area contributed by atoms with Gasteiger partial charge in [0.25, 0.3) is 0 Å². The Bertz CT molecular complexity index is 355. The van der Waals surface area contributed by atoms with Crippen LogP contribution in [0.4, 0.5) is 0 Å². The maximum Gasteiger partial charge on any atom is 0.179 e. The van der Waals surface area contributed by atoms with Gasteiger partial charge in [-0.3, -0.25) is 5.10 Å². The van der Waals surface area contributed by atoms with Crippen molar-refractivity contribution >= 4 is 0 Å². The first-order valence-corrected chi connectivity index (χ1v) is 5.51. The van der Waals surface area contributed by atoms with E-state index in [4.69, 9.17) is 0 Å². The highest BCUT2D eigenvalue weighted by Crippen LogP contribution is 2.33. The van der Waals surface area contributed by atoms with Crippen LogP contribution in [0.2, 0.25) is 0 Å². The number of H-pyrrole nitrogens is 1. The van der Waals surface area contributed by atoms with Gasteiger partial charge in [0.05, 0.1) is 12.2 Å². The Morgan fingerprint density at radius 2 is 2.06 bits per heavy atom. The van der Waals surface area contributed by atoms with Crippen molar-refractivity contribution in [3.8, 4) is 0 Å². The monoisotopic (exact) mass is 227 g/mol. The molecule has 0 aliphatic heterocycles. The first-order chi connectivity index (χ1) is 7.58. The number of aliphatic hydroxyl groups is 3.